The Morgan fingerprint density at radius 1 is 1.38 bits per heavy atom. The van der Waals surface area contributed by atoms with Gasteiger partial charge in [0, 0.05) is 18.7 Å². The number of aromatic nitrogens is 2. The van der Waals surface area contributed by atoms with Crippen LogP contribution in [-0.2, 0) is 0 Å². The number of hydrogen-bond donors (Lipinski definition) is 0. The van der Waals surface area contributed by atoms with E-state index >= 15 is 0 Å². The second-order valence-electron chi connectivity index (χ2n) is 4.62. The highest BCUT2D eigenvalue weighted by atomic mass is 35.5. The maximum atomic E-state index is 6.07. The van der Waals surface area contributed by atoms with Crippen molar-refractivity contribution >= 4 is 28.9 Å². The van der Waals surface area contributed by atoms with E-state index < -0.39 is 0 Å². The molecule has 0 bridgehead atoms. The van der Waals surface area contributed by atoms with Gasteiger partial charge in [-0.3, -0.25) is 0 Å². The second-order valence-corrected chi connectivity index (χ2v) is 5.37. The second kappa shape index (κ2) is 4.76. The predicted molar refractivity (Wildman–Crippen MR) is 67.3 cm³/mol. The number of rotatable bonds is 4. The molecule has 88 valence electrons. The van der Waals surface area contributed by atoms with Crippen LogP contribution in [0.5, 0.6) is 0 Å². The smallest absolute Gasteiger partial charge is 0.175 e. The molecule has 1 saturated carbocycles. The molecule has 0 aromatic carbocycles. The average Bonchev–Trinajstić information content (AvgIpc) is 3.02. The summed E-state index contributed by atoms with van der Waals surface area (Å²) in [5.41, 5.74) is 0.915. The standard InChI is InChI=1S/C11H15Cl2N3/c1-7(2)6-16(8-3-4-8)9-5-10(12)14-15-11(9)13/h5,7-8H,3-4,6H2,1-2H3. The minimum absolute atomic E-state index is 0.397. The van der Waals surface area contributed by atoms with E-state index in [9.17, 15) is 0 Å². The Balaban J connectivity index is 2.26. The van der Waals surface area contributed by atoms with Crippen LogP contribution in [0.2, 0.25) is 10.3 Å². The zero-order chi connectivity index (χ0) is 11.7. The van der Waals surface area contributed by atoms with E-state index in [-0.39, 0.29) is 0 Å². The Bertz CT molecular complexity index is 377. The highest BCUT2D eigenvalue weighted by Crippen LogP contribution is 2.35. The summed E-state index contributed by atoms with van der Waals surface area (Å²) in [6, 6.07) is 2.40. The summed E-state index contributed by atoms with van der Waals surface area (Å²) in [4.78, 5) is 2.30. The third kappa shape index (κ3) is 2.77. The molecule has 16 heavy (non-hydrogen) atoms. The molecular weight excluding hydrogens is 245 g/mol. The van der Waals surface area contributed by atoms with Gasteiger partial charge < -0.3 is 4.90 Å². The zero-order valence-corrected chi connectivity index (χ0v) is 11.0. The first kappa shape index (κ1) is 11.9. The van der Waals surface area contributed by atoms with Crippen LogP contribution in [0, 0.1) is 5.92 Å². The molecule has 1 aliphatic carbocycles. The maximum Gasteiger partial charge on any atom is 0.175 e. The molecule has 5 heteroatoms. The van der Waals surface area contributed by atoms with Crippen molar-refractivity contribution in [3.8, 4) is 0 Å². The highest BCUT2D eigenvalue weighted by Gasteiger charge is 2.31. The summed E-state index contributed by atoms with van der Waals surface area (Å²) in [5, 5.41) is 8.43. The Morgan fingerprint density at radius 2 is 2.06 bits per heavy atom. The molecule has 3 nitrogen and oxygen atoms in total. The van der Waals surface area contributed by atoms with Gasteiger partial charge >= 0.3 is 0 Å². The van der Waals surface area contributed by atoms with E-state index in [4.69, 9.17) is 23.2 Å². The third-order valence-corrected chi connectivity index (χ3v) is 3.01. The first-order chi connectivity index (χ1) is 7.58. The van der Waals surface area contributed by atoms with Gasteiger partial charge in [0.1, 0.15) is 0 Å². The van der Waals surface area contributed by atoms with Crippen molar-refractivity contribution in [2.24, 2.45) is 5.92 Å². The first-order valence-electron chi connectivity index (χ1n) is 5.53. The van der Waals surface area contributed by atoms with Crippen molar-refractivity contribution in [2.45, 2.75) is 32.7 Å². The van der Waals surface area contributed by atoms with Crippen molar-refractivity contribution in [1.82, 2.24) is 10.2 Å². The molecule has 1 aromatic rings. The Hall–Kier alpha value is -0.540. The lowest BCUT2D eigenvalue weighted by Crippen LogP contribution is -2.30. The highest BCUT2D eigenvalue weighted by molar-refractivity contribution is 6.33. The fourth-order valence-corrected chi connectivity index (χ4v) is 2.11. The maximum absolute atomic E-state index is 6.07. The molecule has 1 aliphatic rings. The number of nitrogens with zero attached hydrogens (tertiary/aromatic N) is 3. The van der Waals surface area contributed by atoms with Crippen molar-refractivity contribution in [3.05, 3.63) is 16.4 Å². The van der Waals surface area contributed by atoms with Crippen molar-refractivity contribution < 1.29 is 0 Å². The van der Waals surface area contributed by atoms with Crippen LogP contribution in [0.15, 0.2) is 6.07 Å². The van der Waals surface area contributed by atoms with E-state index in [1.807, 2.05) is 0 Å². The zero-order valence-electron chi connectivity index (χ0n) is 9.45. The molecule has 0 N–H and O–H groups in total. The lowest BCUT2D eigenvalue weighted by atomic mass is 10.2. The fourth-order valence-electron chi connectivity index (χ4n) is 1.77. The first-order valence-corrected chi connectivity index (χ1v) is 6.29. The largest absolute Gasteiger partial charge is 0.366 e. The summed E-state index contributed by atoms with van der Waals surface area (Å²) < 4.78 is 0. The molecule has 0 radical (unpaired) electrons. The Kier molecular flexibility index (Phi) is 3.55. The van der Waals surface area contributed by atoms with Crippen molar-refractivity contribution in [3.63, 3.8) is 0 Å². The van der Waals surface area contributed by atoms with Crippen LogP contribution >= 0.6 is 23.2 Å². The van der Waals surface area contributed by atoms with Gasteiger partial charge in [-0.05, 0) is 18.8 Å². The van der Waals surface area contributed by atoms with E-state index in [1.165, 1.54) is 12.8 Å². The van der Waals surface area contributed by atoms with Crippen LogP contribution in [-0.4, -0.2) is 22.8 Å². The monoisotopic (exact) mass is 259 g/mol. The fraction of sp³-hybridized carbons (Fsp3) is 0.636. The molecule has 0 atom stereocenters. The summed E-state index contributed by atoms with van der Waals surface area (Å²) in [6.45, 7) is 5.37. The summed E-state index contributed by atoms with van der Waals surface area (Å²) in [6.07, 6.45) is 2.45. The van der Waals surface area contributed by atoms with Gasteiger partial charge in [-0.2, -0.15) is 0 Å². The molecular formula is C11H15Cl2N3. The van der Waals surface area contributed by atoms with Crippen LogP contribution < -0.4 is 4.90 Å². The minimum atomic E-state index is 0.397. The van der Waals surface area contributed by atoms with Gasteiger partial charge in [-0.1, -0.05) is 37.0 Å². The summed E-state index contributed by atoms with van der Waals surface area (Å²) in [7, 11) is 0. The van der Waals surface area contributed by atoms with Gasteiger partial charge in [-0.25, -0.2) is 0 Å². The third-order valence-electron chi connectivity index (χ3n) is 2.56. The van der Waals surface area contributed by atoms with E-state index in [0.29, 0.717) is 22.3 Å². The van der Waals surface area contributed by atoms with Gasteiger partial charge in [0.15, 0.2) is 10.3 Å². The van der Waals surface area contributed by atoms with Crippen LogP contribution in [0.25, 0.3) is 0 Å². The Labute approximate surface area is 106 Å². The van der Waals surface area contributed by atoms with Crippen LogP contribution in [0.1, 0.15) is 26.7 Å². The number of anilines is 1. The quantitative estimate of drug-likeness (QED) is 0.830. The molecule has 1 heterocycles. The molecule has 0 aliphatic heterocycles. The lowest BCUT2D eigenvalue weighted by Gasteiger charge is -2.26. The van der Waals surface area contributed by atoms with Gasteiger partial charge in [-0.15, -0.1) is 10.2 Å². The normalized spacial score (nSPS) is 15.6. The van der Waals surface area contributed by atoms with Crippen molar-refractivity contribution in [1.29, 1.82) is 0 Å². The van der Waals surface area contributed by atoms with Crippen LogP contribution in [0.3, 0.4) is 0 Å². The van der Waals surface area contributed by atoms with Gasteiger partial charge in [0.2, 0.25) is 0 Å². The summed E-state index contributed by atoms with van der Waals surface area (Å²) in [5.74, 6) is 0.587. The molecule has 0 amide bonds. The van der Waals surface area contributed by atoms with E-state index in [1.54, 1.807) is 6.07 Å². The number of hydrogen-bond acceptors (Lipinski definition) is 3. The van der Waals surface area contributed by atoms with E-state index in [2.05, 4.69) is 28.9 Å². The number of halogens is 2. The van der Waals surface area contributed by atoms with Crippen LogP contribution in [0.4, 0.5) is 5.69 Å². The molecule has 1 fully saturated rings. The molecule has 0 unspecified atom stereocenters. The minimum Gasteiger partial charge on any atom is -0.366 e. The Morgan fingerprint density at radius 3 is 2.62 bits per heavy atom. The van der Waals surface area contributed by atoms with E-state index in [0.717, 1.165) is 12.2 Å². The molecule has 2 rings (SSSR count). The summed E-state index contributed by atoms with van der Waals surface area (Å²) >= 11 is 11.9. The van der Waals surface area contributed by atoms with Gasteiger partial charge in [0.05, 0.1) is 5.69 Å². The van der Waals surface area contributed by atoms with Crippen molar-refractivity contribution in [2.75, 3.05) is 11.4 Å². The molecule has 0 spiro atoms. The topological polar surface area (TPSA) is 29.0 Å². The average molecular weight is 260 g/mol. The predicted octanol–water partition coefficient (Wildman–Crippen LogP) is 3.41. The molecule has 1 aromatic heterocycles. The molecule has 0 saturated heterocycles. The lowest BCUT2D eigenvalue weighted by molar-refractivity contribution is 0.606. The SMILES string of the molecule is CC(C)CN(c1cc(Cl)nnc1Cl)C1CC1. The van der Waals surface area contributed by atoms with Gasteiger partial charge in [0.25, 0.3) is 0 Å².